The lowest BCUT2D eigenvalue weighted by atomic mass is 9.62. The fourth-order valence-corrected chi connectivity index (χ4v) is 6.63. The second kappa shape index (κ2) is 6.35. The Morgan fingerprint density at radius 3 is 2.75 bits per heavy atom. The first kappa shape index (κ1) is 18.2. The Hall–Kier alpha value is -1.80. The maximum atomic E-state index is 13.8. The first-order chi connectivity index (χ1) is 13.4. The van der Waals surface area contributed by atoms with Crippen molar-refractivity contribution in [2.45, 2.75) is 56.4 Å². The number of benzene rings is 1. The molecule has 1 spiro atoms. The number of hydrogen-bond donors (Lipinski definition) is 0. The van der Waals surface area contributed by atoms with E-state index in [4.69, 9.17) is 0 Å². The van der Waals surface area contributed by atoms with E-state index in [2.05, 4.69) is 14.8 Å². The number of rotatable bonds is 5. The zero-order chi connectivity index (χ0) is 19.5. The second-order valence-electron chi connectivity index (χ2n) is 8.76. The van der Waals surface area contributed by atoms with Crippen molar-refractivity contribution < 1.29 is 12.8 Å². The molecule has 2 heterocycles. The summed E-state index contributed by atoms with van der Waals surface area (Å²) in [5, 5.41) is 8.55. The van der Waals surface area contributed by atoms with Gasteiger partial charge in [-0.15, -0.1) is 10.2 Å². The van der Waals surface area contributed by atoms with Gasteiger partial charge in [0.2, 0.25) is 10.0 Å². The Balaban J connectivity index is 1.49. The summed E-state index contributed by atoms with van der Waals surface area (Å²) in [7, 11) is -3.75. The highest BCUT2D eigenvalue weighted by Gasteiger charge is 2.55. The molecule has 28 heavy (non-hydrogen) atoms. The van der Waals surface area contributed by atoms with Crippen LogP contribution < -0.4 is 0 Å². The smallest absolute Gasteiger partial charge is 0.243 e. The van der Waals surface area contributed by atoms with E-state index in [-0.39, 0.29) is 16.2 Å². The van der Waals surface area contributed by atoms with Crippen LogP contribution in [0.5, 0.6) is 0 Å². The monoisotopic (exact) mass is 404 g/mol. The highest BCUT2D eigenvalue weighted by molar-refractivity contribution is 7.89. The standard InChI is InChI=1S/C20H25FN4O2S/c1-14-3-6-16(21)9-18(14)28(26,27)25-11-17(20(12-25)7-2-8-20)19-23-22-13-24(19)10-15-4-5-15/h3,6,9,13,15,17H,2,4-5,7-8,10-12H2,1H3. The van der Waals surface area contributed by atoms with E-state index in [0.717, 1.165) is 37.7 Å². The van der Waals surface area contributed by atoms with Gasteiger partial charge in [0, 0.05) is 25.6 Å². The first-order valence-electron chi connectivity index (χ1n) is 10.0. The van der Waals surface area contributed by atoms with Gasteiger partial charge in [0.05, 0.1) is 4.90 Å². The lowest BCUT2D eigenvalue weighted by Gasteiger charge is -2.42. The maximum absolute atomic E-state index is 13.8. The summed E-state index contributed by atoms with van der Waals surface area (Å²) in [6.45, 7) is 3.50. The number of aryl methyl sites for hydroxylation is 1. The van der Waals surface area contributed by atoms with E-state index < -0.39 is 15.8 Å². The van der Waals surface area contributed by atoms with E-state index in [0.29, 0.717) is 24.6 Å². The molecule has 0 amide bonds. The highest BCUT2D eigenvalue weighted by atomic mass is 32.2. The van der Waals surface area contributed by atoms with Crippen molar-refractivity contribution >= 4 is 10.0 Å². The van der Waals surface area contributed by atoms with Gasteiger partial charge in [-0.05, 0) is 61.6 Å². The van der Waals surface area contributed by atoms with Gasteiger partial charge in [-0.1, -0.05) is 12.5 Å². The van der Waals surface area contributed by atoms with Crippen molar-refractivity contribution in [3.63, 3.8) is 0 Å². The van der Waals surface area contributed by atoms with Gasteiger partial charge in [-0.2, -0.15) is 4.31 Å². The fraction of sp³-hybridized carbons (Fsp3) is 0.600. The van der Waals surface area contributed by atoms with E-state index in [1.165, 1.54) is 25.0 Å². The summed E-state index contributed by atoms with van der Waals surface area (Å²) < 4.78 is 44.1. The first-order valence-corrected chi connectivity index (χ1v) is 11.5. The Bertz CT molecular complexity index is 1010. The zero-order valence-electron chi connectivity index (χ0n) is 16.0. The molecule has 2 aliphatic carbocycles. The van der Waals surface area contributed by atoms with Gasteiger partial charge in [-0.25, -0.2) is 12.8 Å². The Labute approximate surface area is 164 Å². The lowest BCUT2D eigenvalue weighted by Crippen LogP contribution is -2.38. The average Bonchev–Trinajstić information content (AvgIpc) is 3.16. The van der Waals surface area contributed by atoms with Crippen LogP contribution in [0.1, 0.15) is 49.4 Å². The van der Waals surface area contributed by atoms with Crippen LogP contribution in [-0.4, -0.2) is 40.6 Å². The number of sulfonamides is 1. The molecule has 1 atom stereocenters. The number of aromatic nitrogens is 3. The minimum Gasteiger partial charge on any atom is -0.317 e. The molecule has 0 N–H and O–H groups in total. The summed E-state index contributed by atoms with van der Waals surface area (Å²) in [5.41, 5.74) is 0.507. The van der Waals surface area contributed by atoms with Crippen LogP contribution in [-0.2, 0) is 16.6 Å². The molecule has 5 rings (SSSR count). The van der Waals surface area contributed by atoms with Crippen LogP contribution in [0.4, 0.5) is 4.39 Å². The topological polar surface area (TPSA) is 68.1 Å². The number of nitrogens with zero attached hydrogens (tertiary/aromatic N) is 4. The summed E-state index contributed by atoms with van der Waals surface area (Å²) in [4.78, 5) is 0.0714. The van der Waals surface area contributed by atoms with Crippen LogP contribution in [0.15, 0.2) is 29.4 Å². The maximum Gasteiger partial charge on any atom is 0.243 e. The number of halogens is 1. The summed E-state index contributed by atoms with van der Waals surface area (Å²) in [6, 6.07) is 3.97. The molecule has 3 aliphatic rings. The third kappa shape index (κ3) is 2.88. The largest absolute Gasteiger partial charge is 0.317 e. The highest BCUT2D eigenvalue weighted by Crippen LogP contribution is 2.56. The molecular formula is C20H25FN4O2S. The van der Waals surface area contributed by atoms with Gasteiger partial charge in [0.15, 0.2) is 0 Å². The summed E-state index contributed by atoms with van der Waals surface area (Å²) in [6.07, 6.45) is 7.39. The van der Waals surface area contributed by atoms with Crippen molar-refractivity contribution in [1.82, 2.24) is 19.1 Å². The van der Waals surface area contributed by atoms with E-state index in [1.807, 2.05) is 0 Å². The Morgan fingerprint density at radius 1 is 1.29 bits per heavy atom. The minimum atomic E-state index is -3.75. The molecule has 8 heteroatoms. The van der Waals surface area contributed by atoms with E-state index in [1.54, 1.807) is 17.6 Å². The molecule has 1 aromatic heterocycles. The van der Waals surface area contributed by atoms with Crippen molar-refractivity contribution in [1.29, 1.82) is 0 Å². The van der Waals surface area contributed by atoms with Crippen molar-refractivity contribution in [3.8, 4) is 0 Å². The van der Waals surface area contributed by atoms with E-state index in [9.17, 15) is 12.8 Å². The van der Waals surface area contributed by atoms with Gasteiger partial charge in [0.1, 0.15) is 18.0 Å². The normalized spacial score (nSPS) is 24.6. The molecule has 6 nitrogen and oxygen atoms in total. The zero-order valence-corrected chi connectivity index (χ0v) is 16.8. The molecular weight excluding hydrogens is 379 g/mol. The molecule has 0 radical (unpaired) electrons. The quantitative estimate of drug-likeness (QED) is 0.768. The Kier molecular flexibility index (Phi) is 4.14. The molecule has 0 bridgehead atoms. The molecule has 1 saturated heterocycles. The molecule has 1 aromatic carbocycles. The third-order valence-electron chi connectivity index (χ3n) is 6.84. The predicted octanol–water partition coefficient (Wildman–Crippen LogP) is 3.09. The lowest BCUT2D eigenvalue weighted by molar-refractivity contribution is 0.125. The number of hydrogen-bond acceptors (Lipinski definition) is 4. The molecule has 2 saturated carbocycles. The molecule has 3 fully saturated rings. The Morgan fingerprint density at radius 2 is 2.07 bits per heavy atom. The third-order valence-corrected chi connectivity index (χ3v) is 8.80. The van der Waals surface area contributed by atoms with Crippen molar-refractivity contribution in [2.75, 3.05) is 13.1 Å². The van der Waals surface area contributed by atoms with Gasteiger partial charge >= 0.3 is 0 Å². The van der Waals surface area contributed by atoms with Crippen molar-refractivity contribution in [3.05, 3.63) is 41.7 Å². The van der Waals surface area contributed by atoms with Crippen LogP contribution in [0.3, 0.4) is 0 Å². The van der Waals surface area contributed by atoms with Crippen molar-refractivity contribution in [2.24, 2.45) is 11.3 Å². The van der Waals surface area contributed by atoms with E-state index >= 15 is 0 Å². The average molecular weight is 405 g/mol. The minimum absolute atomic E-state index is 0.0474. The second-order valence-corrected chi connectivity index (χ2v) is 10.7. The predicted molar refractivity (Wildman–Crippen MR) is 102 cm³/mol. The fourth-order valence-electron chi connectivity index (χ4n) is 4.84. The van der Waals surface area contributed by atoms with Crippen LogP contribution in [0.2, 0.25) is 0 Å². The van der Waals surface area contributed by atoms with Gasteiger partial charge in [0.25, 0.3) is 0 Å². The van der Waals surface area contributed by atoms with Crippen LogP contribution in [0.25, 0.3) is 0 Å². The van der Waals surface area contributed by atoms with Crippen LogP contribution >= 0.6 is 0 Å². The van der Waals surface area contributed by atoms with Gasteiger partial charge < -0.3 is 4.57 Å². The molecule has 150 valence electrons. The van der Waals surface area contributed by atoms with Gasteiger partial charge in [-0.3, -0.25) is 0 Å². The van der Waals surface area contributed by atoms with Crippen LogP contribution in [0, 0.1) is 24.1 Å². The summed E-state index contributed by atoms with van der Waals surface area (Å²) >= 11 is 0. The molecule has 2 aromatic rings. The molecule has 1 unspecified atom stereocenters. The molecule has 1 aliphatic heterocycles. The summed E-state index contributed by atoms with van der Waals surface area (Å²) in [5.74, 6) is 1.14. The SMILES string of the molecule is Cc1ccc(F)cc1S(=O)(=O)N1CC(c2nncn2CC2CC2)C2(CCC2)C1.